The number of carbonyl (C=O) groups is 1. The van der Waals surface area contributed by atoms with E-state index in [1.165, 1.54) is 11.0 Å². The van der Waals surface area contributed by atoms with Gasteiger partial charge in [-0.1, -0.05) is 0 Å². The molecule has 120 valence electrons. The number of morpholine rings is 1. The normalized spacial score (nSPS) is 22.4. The molecule has 2 saturated heterocycles. The van der Waals surface area contributed by atoms with Crippen LogP contribution in [0.15, 0.2) is 18.2 Å². The molecule has 2 aliphatic heterocycles. The lowest BCUT2D eigenvalue weighted by atomic mass is 10.2. The summed E-state index contributed by atoms with van der Waals surface area (Å²) in [5.74, 6) is -0.382. The van der Waals surface area contributed by atoms with Crippen molar-refractivity contribution in [3.05, 3.63) is 24.0 Å². The van der Waals surface area contributed by atoms with Crippen molar-refractivity contribution in [2.45, 2.75) is 12.3 Å². The molecule has 0 radical (unpaired) electrons. The standard InChI is InChI=1S/C14H19FN4O3/c15-10-7-9(19-8-12(13(16)17)22-14(19)20)1-2-11(10)18-3-5-21-6-4-18/h1-2,7,12-13H,3-6,8,16-17H2/t12-/m1/s1. The van der Waals surface area contributed by atoms with Crippen molar-refractivity contribution in [3.8, 4) is 0 Å². The molecule has 2 fully saturated rings. The van der Waals surface area contributed by atoms with Crippen LogP contribution in [-0.4, -0.2) is 51.2 Å². The molecule has 0 aliphatic carbocycles. The van der Waals surface area contributed by atoms with Gasteiger partial charge in [-0.25, -0.2) is 9.18 Å². The van der Waals surface area contributed by atoms with Crippen LogP contribution in [0.4, 0.5) is 20.6 Å². The van der Waals surface area contributed by atoms with Crippen LogP contribution in [0.1, 0.15) is 0 Å². The fraction of sp³-hybridized carbons (Fsp3) is 0.500. The Labute approximate surface area is 127 Å². The predicted octanol–water partition coefficient (Wildman–Crippen LogP) is 0.231. The Morgan fingerprint density at radius 3 is 2.59 bits per heavy atom. The Morgan fingerprint density at radius 1 is 1.27 bits per heavy atom. The summed E-state index contributed by atoms with van der Waals surface area (Å²) in [7, 11) is 0. The first-order valence-corrected chi connectivity index (χ1v) is 7.18. The van der Waals surface area contributed by atoms with Gasteiger partial charge in [-0.15, -0.1) is 0 Å². The number of rotatable bonds is 3. The van der Waals surface area contributed by atoms with Gasteiger partial charge < -0.3 is 25.8 Å². The molecule has 0 saturated carbocycles. The van der Waals surface area contributed by atoms with E-state index in [1.807, 2.05) is 4.90 Å². The molecule has 2 heterocycles. The number of nitrogens with two attached hydrogens (primary N) is 2. The van der Waals surface area contributed by atoms with E-state index in [0.29, 0.717) is 37.7 Å². The highest BCUT2D eigenvalue weighted by molar-refractivity contribution is 5.90. The van der Waals surface area contributed by atoms with Gasteiger partial charge in [-0.3, -0.25) is 4.90 Å². The smallest absolute Gasteiger partial charge is 0.414 e. The summed E-state index contributed by atoms with van der Waals surface area (Å²) < 4.78 is 24.7. The van der Waals surface area contributed by atoms with E-state index in [1.54, 1.807) is 12.1 Å². The zero-order valence-corrected chi connectivity index (χ0v) is 12.1. The van der Waals surface area contributed by atoms with Crippen molar-refractivity contribution in [2.75, 3.05) is 42.6 Å². The molecule has 22 heavy (non-hydrogen) atoms. The molecule has 3 rings (SSSR count). The van der Waals surface area contributed by atoms with E-state index in [0.717, 1.165) is 0 Å². The SMILES string of the molecule is NC(N)[C@H]1CN(c2ccc(N3CCOCC3)c(F)c2)C(=O)O1. The number of anilines is 2. The largest absolute Gasteiger partial charge is 0.441 e. The average molecular weight is 310 g/mol. The fourth-order valence-corrected chi connectivity index (χ4v) is 2.62. The van der Waals surface area contributed by atoms with Gasteiger partial charge in [0.1, 0.15) is 11.9 Å². The van der Waals surface area contributed by atoms with Crippen LogP contribution in [0.3, 0.4) is 0 Å². The molecular formula is C14H19FN4O3. The summed E-state index contributed by atoms with van der Waals surface area (Å²) in [6.07, 6.45) is -1.91. The van der Waals surface area contributed by atoms with Crippen LogP contribution in [-0.2, 0) is 9.47 Å². The number of carbonyl (C=O) groups excluding carboxylic acids is 1. The summed E-state index contributed by atoms with van der Waals surface area (Å²) in [5, 5.41) is 0. The minimum Gasteiger partial charge on any atom is -0.441 e. The number of cyclic esters (lactones) is 1. The number of hydrogen-bond acceptors (Lipinski definition) is 6. The lowest BCUT2D eigenvalue weighted by molar-refractivity contribution is 0.122. The van der Waals surface area contributed by atoms with Gasteiger partial charge in [-0.05, 0) is 18.2 Å². The van der Waals surface area contributed by atoms with Gasteiger partial charge in [0.2, 0.25) is 0 Å². The summed E-state index contributed by atoms with van der Waals surface area (Å²) >= 11 is 0. The number of benzene rings is 1. The van der Waals surface area contributed by atoms with Crippen molar-refractivity contribution in [3.63, 3.8) is 0 Å². The van der Waals surface area contributed by atoms with Gasteiger partial charge in [0.05, 0.1) is 37.3 Å². The monoisotopic (exact) mass is 310 g/mol. The Morgan fingerprint density at radius 2 is 2.00 bits per heavy atom. The maximum atomic E-state index is 14.4. The summed E-state index contributed by atoms with van der Waals surface area (Å²) in [5.41, 5.74) is 12.0. The Hall–Kier alpha value is -1.90. The van der Waals surface area contributed by atoms with Gasteiger partial charge in [0.15, 0.2) is 0 Å². The molecular weight excluding hydrogens is 291 g/mol. The van der Waals surface area contributed by atoms with E-state index in [2.05, 4.69) is 0 Å². The summed E-state index contributed by atoms with van der Waals surface area (Å²) in [6, 6.07) is 4.69. The van der Waals surface area contributed by atoms with Crippen molar-refractivity contribution >= 4 is 17.5 Å². The van der Waals surface area contributed by atoms with Gasteiger partial charge in [0, 0.05) is 13.1 Å². The first kappa shape index (κ1) is 15.0. The van der Waals surface area contributed by atoms with E-state index in [9.17, 15) is 9.18 Å². The van der Waals surface area contributed by atoms with E-state index < -0.39 is 18.4 Å². The minimum atomic E-state index is -0.758. The quantitative estimate of drug-likeness (QED) is 0.776. The second-order valence-electron chi connectivity index (χ2n) is 5.35. The number of ether oxygens (including phenoxy) is 2. The van der Waals surface area contributed by atoms with E-state index in [-0.39, 0.29) is 12.4 Å². The molecule has 1 aromatic rings. The van der Waals surface area contributed by atoms with Crippen molar-refractivity contribution in [2.24, 2.45) is 11.5 Å². The van der Waals surface area contributed by atoms with E-state index >= 15 is 0 Å². The zero-order chi connectivity index (χ0) is 15.7. The van der Waals surface area contributed by atoms with Crippen LogP contribution in [0.2, 0.25) is 0 Å². The second kappa shape index (κ2) is 6.07. The van der Waals surface area contributed by atoms with Crippen LogP contribution in [0.25, 0.3) is 0 Å². The molecule has 1 aromatic carbocycles. The molecule has 0 bridgehead atoms. The maximum absolute atomic E-state index is 14.4. The second-order valence-corrected chi connectivity index (χ2v) is 5.35. The lowest BCUT2D eigenvalue weighted by Gasteiger charge is -2.29. The minimum absolute atomic E-state index is 0.215. The molecule has 2 aliphatic rings. The van der Waals surface area contributed by atoms with Crippen LogP contribution < -0.4 is 21.3 Å². The molecule has 7 nitrogen and oxygen atoms in total. The zero-order valence-electron chi connectivity index (χ0n) is 12.1. The van der Waals surface area contributed by atoms with Crippen molar-refractivity contribution in [1.29, 1.82) is 0 Å². The first-order chi connectivity index (χ1) is 10.6. The maximum Gasteiger partial charge on any atom is 0.414 e. The van der Waals surface area contributed by atoms with Crippen molar-refractivity contribution < 1.29 is 18.7 Å². The number of halogens is 1. The molecule has 1 amide bonds. The molecule has 1 atom stereocenters. The topological polar surface area (TPSA) is 94.0 Å². The predicted molar refractivity (Wildman–Crippen MR) is 79.2 cm³/mol. The van der Waals surface area contributed by atoms with Crippen LogP contribution >= 0.6 is 0 Å². The number of amides is 1. The number of hydrogen-bond donors (Lipinski definition) is 2. The first-order valence-electron chi connectivity index (χ1n) is 7.18. The van der Waals surface area contributed by atoms with Crippen LogP contribution in [0.5, 0.6) is 0 Å². The van der Waals surface area contributed by atoms with Gasteiger partial charge >= 0.3 is 6.09 Å². The highest BCUT2D eigenvalue weighted by atomic mass is 19.1. The summed E-state index contributed by atoms with van der Waals surface area (Å²) in [4.78, 5) is 15.1. The molecule has 0 aromatic heterocycles. The highest BCUT2D eigenvalue weighted by Gasteiger charge is 2.35. The Bertz CT molecular complexity index is 563. The number of nitrogens with zero attached hydrogens (tertiary/aromatic N) is 2. The third-order valence-electron chi connectivity index (χ3n) is 3.86. The average Bonchev–Trinajstić information content (AvgIpc) is 2.90. The van der Waals surface area contributed by atoms with E-state index in [4.69, 9.17) is 20.9 Å². The third kappa shape index (κ3) is 2.85. The van der Waals surface area contributed by atoms with Gasteiger partial charge in [0.25, 0.3) is 0 Å². The fourth-order valence-electron chi connectivity index (χ4n) is 2.62. The highest BCUT2D eigenvalue weighted by Crippen LogP contribution is 2.28. The Balaban J connectivity index is 1.78. The molecule has 8 heteroatoms. The Kier molecular flexibility index (Phi) is 4.14. The molecule has 0 spiro atoms. The van der Waals surface area contributed by atoms with Crippen LogP contribution in [0, 0.1) is 5.82 Å². The summed E-state index contributed by atoms with van der Waals surface area (Å²) in [6.45, 7) is 2.66. The lowest BCUT2D eigenvalue weighted by Crippen LogP contribution is -2.44. The van der Waals surface area contributed by atoms with Crippen molar-refractivity contribution in [1.82, 2.24) is 0 Å². The molecule has 0 unspecified atom stereocenters. The van der Waals surface area contributed by atoms with Gasteiger partial charge in [-0.2, -0.15) is 0 Å². The third-order valence-corrected chi connectivity index (χ3v) is 3.86. The molecule has 4 N–H and O–H groups in total.